The zero-order chi connectivity index (χ0) is 45.4. The Hall–Kier alpha value is -1.59. The molecule has 1 unspecified atom stereocenters. The van der Waals surface area contributed by atoms with Gasteiger partial charge in [-0.25, -0.2) is 0 Å². The third-order valence-electron chi connectivity index (χ3n) is 13.1. The highest BCUT2D eigenvalue weighted by molar-refractivity contribution is 5.71. The first-order valence-electron chi connectivity index (χ1n) is 27.8. The molecule has 62 heavy (non-hydrogen) atoms. The Kier molecular flexibility index (Phi) is 47.6. The van der Waals surface area contributed by atoms with Gasteiger partial charge in [-0.3, -0.25) is 14.4 Å². The van der Waals surface area contributed by atoms with Crippen LogP contribution < -0.4 is 0 Å². The number of hydrogen-bond acceptors (Lipinski definition) is 6. The Morgan fingerprint density at radius 3 is 0.919 bits per heavy atom. The molecule has 0 amide bonds. The van der Waals surface area contributed by atoms with E-state index in [1.54, 1.807) is 0 Å². The minimum absolute atomic E-state index is 0.0639. The number of carbonyl (C=O) groups excluding carboxylic acids is 3. The molecule has 0 saturated carbocycles. The highest BCUT2D eigenvalue weighted by Gasteiger charge is 2.19. The minimum atomic E-state index is -0.763. The number of carbonyl (C=O) groups is 3. The molecule has 0 aromatic heterocycles. The van der Waals surface area contributed by atoms with Gasteiger partial charge in [0.05, 0.1) is 0 Å². The standard InChI is InChI=1S/C56H108O6/c1-6-8-9-10-11-12-13-14-15-16-17-18-19-20-24-27-30-36-41-46-54(57)60-49-53(50-61-55(58)47-42-37-33-32-35-40-45-52(5)7-2)62-56(59)48-43-38-31-28-25-22-21-23-26-29-34-39-44-51(3)4/h51-53H,6-50H2,1-5H3/t52?,53-/m1/s1. The molecule has 0 radical (unpaired) electrons. The van der Waals surface area contributed by atoms with Crippen molar-refractivity contribution < 1.29 is 28.6 Å². The summed E-state index contributed by atoms with van der Waals surface area (Å²) < 4.78 is 16.8. The van der Waals surface area contributed by atoms with E-state index in [0.29, 0.717) is 19.3 Å². The van der Waals surface area contributed by atoms with E-state index in [-0.39, 0.29) is 31.1 Å². The fraction of sp³-hybridized carbons (Fsp3) is 0.946. The molecule has 368 valence electrons. The van der Waals surface area contributed by atoms with Gasteiger partial charge in [0.15, 0.2) is 6.10 Å². The fourth-order valence-corrected chi connectivity index (χ4v) is 8.49. The van der Waals surface area contributed by atoms with E-state index in [0.717, 1.165) is 69.6 Å². The SMILES string of the molecule is CCCCCCCCCCCCCCCCCCCCCC(=O)OC[C@H](COC(=O)CCCCCCCCC(C)CC)OC(=O)CCCCCCCCCCCCCCC(C)C. The van der Waals surface area contributed by atoms with Crippen LogP contribution in [0, 0.1) is 11.8 Å². The summed E-state index contributed by atoms with van der Waals surface area (Å²) in [6, 6.07) is 0. The van der Waals surface area contributed by atoms with Gasteiger partial charge < -0.3 is 14.2 Å². The van der Waals surface area contributed by atoms with Crippen LogP contribution in [-0.4, -0.2) is 37.2 Å². The lowest BCUT2D eigenvalue weighted by Crippen LogP contribution is -2.30. The zero-order valence-electron chi connectivity index (χ0n) is 42.5. The van der Waals surface area contributed by atoms with Gasteiger partial charge in [0.25, 0.3) is 0 Å². The molecule has 0 aliphatic carbocycles. The first-order chi connectivity index (χ1) is 30.3. The third kappa shape index (κ3) is 47.9. The van der Waals surface area contributed by atoms with Crippen molar-refractivity contribution in [1.29, 1.82) is 0 Å². The van der Waals surface area contributed by atoms with Gasteiger partial charge in [-0.05, 0) is 31.1 Å². The van der Waals surface area contributed by atoms with Gasteiger partial charge in [-0.2, -0.15) is 0 Å². The maximum Gasteiger partial charge on any atom is 0.306 e. The number of esters is 3. The average Bonchev–Trinajstić information content (AvgIpc) is 3.26. The van der Waals surface area contributed by atoms with E-state index >= 15 is 0 Å². The van der Waals surface area contributed by atoms with Gasteiger partial charge in [-0.15, -0.1) is 0 Å². The predicted octanol–water partition coefficient (Wildman–Crippen LogP) is 18.1. The van der Waals surface area contributed by atoms with Crippen molar-refractivity contribution in [3.8, 4) is 0 Å². The van der Waals surface area contributed by atoms with Crippen LogP contribution in [0.2, 0.25) is 0 Å². The smallest absolute Gasteiger partial charge is 0.306 e. The first-order valence-corrected chi connectivity index (χ1v) is 27.8. The largest absolute Gasteiger partial charge is 0.462 e. The summed E-state index contributed by atoms with van der Waals surface area (Å²) in [5.74, 6) is 0.799. The normalized spacial score (nSPS) is 12.5. The second-order valence-corrected chi connectivity index (χ2v) is 19.9. The molecule has 0 bridgehead atoms. The van der Waals surface area contributed by atoms with Crippen molar-refractivity contribution >= 4 is 17.9 Å². The molecule has 0 aromatic carbocycles. The lowest BCUT2D eigenvalue weighted by atomic mass is 10.00. The number of hydrogen-bond donors (Lipinski definition) is 0. The molecule has 0 aliphatic heterocycles. The van der Waals surface area contributed by atoms with E-state index in [1.165, 1.54) is 199 Å². The molecular weight excluding hydrogens is 769 g/mol. The van der Waals surface area contributed by atoms with Gasteiger partial charge in [-0.1, -0.05) is 272 Å². The van der Waals surface area contributed by atoms with Crippen molar-refractivity contribution in [3.05, 3.63) is 0 Å². The Labute approximate surface area is 387 Å². The van der Waals surface area contributed by atoms with Crippen LogP contribution in [0.4, 0.5) is 0 Å². The maximum absolute atomic E-state index is 12.8. The topological polar surface area (TPSA) is 78.9 Å². The summed E-state index contributed by atoms with van der Waals surface area (Å²) in [5.41, 5.74) is 0. The molecule has 0 rings (SSSR count). The molecule has 0 aliphatic rings. The highest BCUT2D eigenvalue weighted by Crippen LogP contribution is 2.18. The Balaban J connectivity index is 4.25. The molecule has 0 heterocycles. The van der Waals surface area contributed by atoms with Gasteiger partial charge in [0.2, 0.25) is 0 Å². The van der Waals surface area contributed by atoms with Gasteiger partial charge >= 0.3 is 17.9 Å². The lowest BCUT2D eigenvalue weighted by molar-refractivity contribution is -0.167. The summed E-state index contributed by atoms with van der Waals surface area (Å²) in [5, 5.41) is 0. The highest BCUT2D eigenvalue weighted by atomic mass is 16.6. The molecule has 0 saturated heterocycles. The van der Waals surface area contributed by atoms with E-state index in [1.807, 2.05) is 0 Å². The number of unbranched alkanes of at least 4 members (excludes halogenated alkanes) is 34. The van der Waals surface area contributed by atoms with E-state index in [9.17, 15) is 14.4 Å². The monoisotopic (exact) mass is 877 g/mol. The fourth-order valence-electron chi connectivity index (χ4n) is 8.49. The van der Waals surface area contributed by atoms with Crippen molar-refractivity contribution in [1.82, 2.24) is 0 Å². The molecule has 0 aromatic rings. The van der Waals surface area contributed by atoms with Crippen molar-refractivity contribution in [2.45, 2.75) is 317 Å². The Morgan fingerprint density at radius 2 is 0.613 bits per heavy atom. The van der Waals surface area contributed by atoms with Crippen LogP contribution in [0.1, 0.15) is 311 Å². The van der Waals surface area contributed by atoms with Crippen LogP contribution in [0.5, 0.6) is 0 Å². The summed E-state index contributed by atoms with van der Waals surface area (Å²) in [6.07, 6.45) is 51.0. The Morgan fingerprint density at radius 1 is 0.339 bits per heavy atom. The van der Waals surface area contributed by atoms with Crippen LogP contribution in [0.15, 0.2) is 0 Å². The van der Waals surface area contributed by atoms with E-state index in [4.69, 9.17) is 14.2 Å². The van der Waals surface area contributed by atoms with E-state index < -0.39 is 6.10 Å². The zero-order valence-corrected chi connectivity index (χ0v) is 42.5. The van der Waals surface area contributed by atoms with Crippen LogP contribution >= 0.6 is 0 Å². The molecule has 6 nitrogen and oxygen atoms in total. The predicted molar refractivity (Wildman–Crippen MR) is 266 cm³/mol. The van der Waals surface area contributed by atoms with Crippen LogP contribution in [0.25, 0.3) is 0 Å². The van der Waals surface area contributed by atoms with Crippen LogP contribution in [0.3, 0.4) is 0 Å². The second-order valence-electron chi connectivity index (χ2n) is 19.9. The molecule has 2 atom stereocenters. The molecule has 6 heteroatoms. The average molecular weight is 877 g/mol. The van der Waals surface area contributed by atoms with E-state index in [2.05, 4.69) is 34.6 Å². The minimum Gasteiger partial charge on any atom is -0.462 e. The van der Waals surface area contributed by atoms with Crippen molar-refractivity contribution in [2.24, 2.45) is 11.8 Å². The maximum atomic E-state index is 12.8. The van der Waals surface area contributed by atoms with Gasteiger partial charge in [0.1, 0.15) is 13.2 Å². The first kappa shape index (κ1) is 60.4. The summed E-state index contributed by atoms with van der Waals surface area (Å²) in [7, 11) is 0. The third-order valence-corrected chi connectivity index (χ3v) is 13.1. The summed E-state index contributed by atoms with van der Waals surface area (Å²) in [6.45, 7) is 11.4. The molecule has 0 spiro atoms. The quantitative estimate of drug-likeness (QED) is 0.0344. The number of ether oxygens (including phenoxy) is 3. The molecule has 0 N–H and O–H groups in total. The second kappa shape index (κ2) is 48.9. The molecule has 0 fully saturated rings. The van der Waals surface area contributed by atoms with Crippen LogP contribution in [-0.2, 0) is 28.6 Å². The van der Waals surface area contributed by atoms with Crippen molar-refractivity contribution in [3.63, 3.8) is 0 Å². The Bertz CT molecular complexity index is 949. The van der Waals surface area contributed by atoms with Gasteiger partial charge in [0, 0.05) is 19.3 Å². The number of rotatable bonds is 50. The van der Waals surface area contributed by atoms with Crippen molar-refractivity contribution in [2.75, 3.05) is 13.2 Å². The summed E-state index contributed by atoms with van der Waals surface area (Å²) >= 11 is 0. The summed E-state index contributed by atoms with van der Waals surface area (Å²) in [4.78, 5) is 38.0. The lowest BCUT2D eigenvalue weighted by Gasteiger charge is -2.18. The molecular formula is C56H108O6.